The number of nitrogens with zero attached hydrogens (tertiary/aromatic N) is 4. The first kappa shape index (κ1) is 16.2. The third-order valence-electron chi connectivity index (χ3n) is 4.61. The number of amides is 1. The predicted molar refractivity (Wildman–Crippen MR) is 98.5 cm³/mol. The number of carbonyl (C=O) groups excluding carboxylic acids is 1. The number of rotatable bonds is 4. The first-order valence-corrected chi connectivity index (χ1v) is 9.36. The minimum atomic E-state index is -0.00313. The molecule has 25 heavy (non-hydrogen) atoms. The lowest BCUT2D eigenvalue weighted by atomic mass is 10.1. The number of para-hydroxylation sites is 1. The summed E-state index contributed by atoms with van der Waals surface area (Å²) < 4.78 is 3.17. The molecule has 1 aliphatic rings. The van der Waals surface area contributed by atoms with Crippen molar-refractivity contribution in [2.45, 2.75) is 18.9 Å². The van der Waals surface area contributed by atoms with Gasteiger partial charge in [0.1, 0.15) is 11.9 Å². The molecule has 1 N–H and O–H groups in total. The summed E-state index contributed by atoms with van der Waals surface area (Å²) in [6.45, 7) is 2.29. The normalized spacial score (nSPS) is 18.0. The Kier molecular flexibility index (Phi) is 4.50. The molecular formula is C18H21N5OS. The van der Waals surface area contributed by atoms with Crippen LogP contribution in [0.15, 0.2) is 36.7 Å². The van der Waals surface area contributed by atoms with E-state index in [2.05, 4.69) is 21.4 Å². The molecule has 0 aliphatic carbocycles. The molecule has 130 valence electrons. The van der Waals surface area contributed by atoms with Crippen molar-refractivity contribution in [1.29, 1.82) is 0 Å². The zero-order valence-electron chi connectivity index (χ0n) is 14.2. The van der Waals surface area contributed by atoms with Crippen LogP contribution in [0, 0.1) is 0 Å². The van der Waals surface area contributed by atoms with E-state index in [1.165, 1.54) is 4.70 Å². The van der Waals surface area contributed by atoms with Crippen LogP contribution < -0.4 is 5.32 Å². The Labute approximate surface area is 150 Å². The van der Waals surface area contributed by atoms with Gasteiger partial charge in [0.25, 0.3) is 0 Å². The summed E-state index contributed by atoms with van der Waals surface area (Å²) in [5.74, 6) is 1.11. The van der Waals surface area contributed by atoms with Gasteiger partial charge in [0, 0.05) is 51.9 Å². The van der Waals surface area contributed by atoms with Crippen LogP contribution in [0.1, 0.15) is 23.3 Å². The Morgan fingerprint density at radius 2 is 2.28 bits per heavy atom. The second-order valence-corrected chi connectivity index (χ2v) is 7.39. The molecule has 1 aliphatic heterocycles. The van der Waals surface area contributed by atoms with Gasteiger partial charge in [0.05, 0.1) is 15.2 Å². The highest BCUT2D eigenvalue weighted by Gasteiger charge is 2.30. The number of hydrogen-bond acceptors (Lipinski definition) is 5. The minimum Gasteiger partial charge on any atom is -0.336 e. The molecule has 0 spiro atoms. The molecule has 4 rings (SSSR count). The molecule has 1 unspecified atom stereocenters. The summed E-state index contributed by atoms with van der Waals surface area (Å²) in [7, 11) is 1.97. The van der Waals surface area contributed by atoms with Gasteiger partial charge in [-0.25, -0.2) is 9.97 Å². The average Bonchev–Trinajstić information content (AvgIpc) is 3.25. The van der Waals surface area contributed by atoms with Crippen LogP contribution in [0.4, 0.5) is 0 Å². The minimum absolute atomic E-state index is 0.00313. The molecule has 3 heterocycles. The van der Waals surface area contributed by atoms with Crippen LogP contribution in [0.5, 0.6) is 0 Å². The lowest BCUT2D eigenvalue weighted by molar-refractivity contribution is -0.134. The van der Waals surface area contributed by atoms with Crippen molar-refractivity contribution >= 4 is 27.5 Å². The lowest BCUT2D eigenvalue weighted by Crippen LogP contribution is -2.49. The fourth-order valence-electron chi connectivity index (χ4n) is 3.32. The summed E-state index contributed by atoms with van der Waals surface area (Å²) in [5.41, 5.74) is 1.02. The number of benzene rings is 1. The second kappa shape index (κ2) is 6.93. The number of piperazine rings is 1. The molecule has 1 saturated heterocycles. The van der Waals surface area contributed by atoms with Crippen LogP contribution in [-0.4, -0.2) is 45.0 Å². The number of fused-ring (bicyclic) bond motifs is 1. The maximum Gasteiger partial charge on any atom is 0.223 e. The molecule has 1 amide bonds. The van der Waals surface area contributed by atoms with Gasteiger partial charge in [0.2, 0.25) is 5.91 Å². The molecule has 0 radical (unpaired) electrons. The largest absolute Gasteiger partial charge is 0.336 e. The van der Waals surface area contributed by atoms with Gasteiger partial charge >= 0.3 is 0 Å². The van der Waals surface area contributed by atoms with Crippen molar-refractivity contribution in [3.05, 3.63) is 47.5 Å². The van der Waals surface area contributed by atoms with Crippen LogP contribution in [-0.2, 0) is 18.3 Å². The second-order valence-electron chi connectivity index (χ2n) is 6.28. The molecule has 7 heteroatoms. The van der Waals surface area contributed by atoms with E-state index in [4.69, 9.17) is 0 Å². The first-order valence-electron chi connectivity index (χ1n) is 8.54. The van der Waals surface area contributed by atoms with Gasteiger partial charge < -0.3 is 14.8 Å². The predicted octanol–water partition coefficient (Wildman–Crippen LogP) is 2.14. The van der Waals surface area contributed by atoms with E-state index in [9.17, 15) is 4.79 Å². The fourth-order valence-corrected chi connectivity index (χ4v) is 4.28. The number of carbonyl (C=O) groups is 1. The van der Waals surface area contributed by atoms with Gasteiger partial charge in [-0.05, 0) is 12.1 Å². The average molecular weight is 355 g/mol. The molecule has 3 aromatic rings. The van der Waals surface area contributed by atoms with Crippen LogP contribution in [0.2, 0.25) is 0 Å². The quantitative estimate of drug-likeness (QED) is 0.779. The fraction of sp³-hybridized carbons (Fsp3) is 0.389. The monoisotopic (exact) mass is 355 g/mol. The van der Waals surface area contributed by atoms with Crippen molar-refractivity contribution in [1.82, 2.24) is 24.8 Å². The zero-order valence-corrected chi connectivity index (χ0v) is 15.0. The van der Waals surface area contributed by atoms with E-state index >= 15 is 0 Å². The van der Waals surface area contributed by atoms with Crippen molar-refractivity contribution in [3.8, 4) is 0 Å². The van der Waals surface area contributed by atoms with E-state index in [0.29, 0.717) is 12.8 Å². The van der Waals surface area contributed by atoms with Crippen LogP contribution in [0.25, 0.3) is 10.2 Å². The van der Waals surface area contributed by atoms with E-state index < -0.39 is 0 Å². The zero-order chi connectivity index (χ0) is 17.2. The Morgan fingerprint density at radius 3 is 3.08 bits per heavy atom. The van der Waals surface area contributed by atoms with Gasteiger partial charge in [-0.1, -0.05) is 12.1 Å². The molecule has 1 atom stereocenters. The third kappa shape index (κ3) is 3.29. The number of nitrogens with one attached hydrogen (secondary N) is 1. The lowest BCUT2D eigenvalue weighted by Gasteiger charge is -2.35. The highest BCUT2D eigenvalue weighted by molar-refractivity contribution is 7.18. The number of hydrogen-bond donors (Lipinski definition) is 1. The number of aryl methyl sites for hydroxylation is 2. The van der Waals surface area contributed by atoms with Crippen molar-refractivity contribution in [2.75, 3.05) is 19.6 Å². The highest BCUT2D eigenvalue weighted by atomic mass is 32.1. The first-order chi connectivity index (χ1) is 12.2. The maximum atomic E-state index is 12.8. The molecule has 0 bridgehead atoms. The Hall–Kier alpha value is -2.25. The smallest absolute Gasteiger partial charge is 0.223 e. The summed E-state index contributed by atoms with van der Waals surface area (Å²) in [4.78, 5) is 23.9. The summed E-state index contributed by atoms with van der Waals surface area (Å²) in [5, 5.41) is 4.40. The van der Waals surface area contributed by atoms with Gasteiger partial charge in [-0.3, -0.25) is 4.79 Å². The van der Waals surface area contributed by atoms with E-state index in [1.54, 1.807) is 17.5 Å². The molecule has 1 aromatic carbocycles. The molecule has 0 saturated carbocycles. The Morgan fingerprint density at radius 1 is 1.40 bits per heavy atom. The topological polar surface area (TPSA) is 63.1 Å². The highest BCUT2D eigenvalue weighted by Crippen LogP contribution is 2.24. The number of imidazole rings is 1. The SMILES string of the molecule is Cn1ccnc1C1CNCCN1C(=O)CCc1nc2ccccc2s1. The van der Waals surface area contributed by atoms with Gasteiger partial charge in [0.15, 0.2) is 0 Å². The Bertz CT molecular complexity index is 853. The summed E-state index contributed by atoms with van der Waals surface area (Å²) in [6, 6.07) is 8.11. The van der Waals surface area contributed by atoms with E-state index in [0.717, 1.165) is 36.0 Å². The Balaban J connectivity index is 1.46. The van der Waals surface area contributed by atoms with E-state index in [-0.39, 0.29) is 11.9 Å². The molecule has 6 nitrogen and oxygen atoms in total. The summed E-state index contributed by atoms with van der Waals surface area (Å²) >= 11 is 1.68. The molecule has 1 fully saturated rings. The van der Waals surface area contributed by atoms with E-state index in [1.807, 2.05) is 40.9 Å². The molecule has 2 aromatic heterocycles. The number of aromatic nitrogens is 3. The van der Waals surface area contributed by atoms with Crippen molar-refractivity contribution < 1.29 is 4.79 Å². The number of thiazole rings is 1. The van der Waals surface area contributed by atoms with Gasteiger partial charge in [-0.2, -0.15) is 0 Å². The van der Waals surface area contributed by atoms with Crippen molar-refractivity contribution in [2.24, 2.45) is 7.05 Å². The van der Waals surface area contributed by atoms with Crippen LogP contribution in [0.3, 0.4) is 0 Å². The third-order valence-corrected chi connectivity index (χ3v) is 5.71. The van der Waals surface area contributed by atoms with Crippen LogP contribution >= 0.6 is 11.3 Å². The van der Waals surface area contributed by atoms with Gasteiger partial charge in [-0.15, -0.1) is 11.3 Å². The molecular weight excluding hydrogens is 334 g/mol. The standard InChI is InChI=1S/C18H21N5OS/c1-22-10-9-20-18(22)14-12-19-8-11-23(14)17(24)7-6-16-21-13-4-2-3-5-15(13)25-16/h2-5,9-10,14,19H,6-8,11-12H2,1H3. The maximum absolute atomic E-state index is 12.8. The van der Waals surface area contributed by atoms with Crippen molar-refractivity contribution in [3.63, 3.8) is 0 Å². The summed E-state index contributed by atoms with van der Waals surface area (Å²) in [6.07, 6.45) is 4.89.